The molecule has 1 heterocycles. The van der Waals surface area contributed by atoms with Gasteiger partial charge in [-0.15, -0.1) is 5.10 Å². The molecule has 1 rings (SSSR count). The minimum Gasteiger partial charge on any atom is -0.235 e. The molecule has 0 aliphatic rings. The van der Waals surface area contributed by atoms with Gasteiger partial charge in [-0.2, -0.15) is 0 Å². The lowest BCUT2D eigenvalue weighted by Gasteiger charge is -2.07. The molecule has 0 unspecified atom stereocenters. The zero-order valence-electron chi connectivity index (χ0n) is 10.9. The third-order valence-corrected chi connectivity index (χ3v) is 4.84. The first-order valence-corrected chi connectivity index (χ1v) is 8.17. The summed E-state index contributed by atoms with van der Waals surface area (Å²) in [5.41, 5.74) is 0. The largest absolute Gasteiger partial charge is 0.260 e. The molecule has 0 saturated carbocycles. The summed E-state index contributed by atoms with van der Waals surface area (Å²) in [5.74, 6) is 0.650. The average Bonchev–Trinajstić information content (AvgIpc) is 2.57. The number of hydrogen-bond acceptors (Lipinski definition) is 4. The van der Waals surface area contributed by atoms with Gasteiger partial charge in [0, 0.05) is 13.6 Å². The molecule has 0 aliphatic heterocycles. The van der Waals surface area contributed by atoms with Crippen molar-refractivity contribution in [2.24, 2.45) is 13.0 Å². The van der Waals surface area contributed by atoms with Crippen LogP contribution in [-0.2, 0) is 17.1 Å². The molecule has 0 bridgehead atoms. The van der Waals surface area contributed by atoms with Crippen LogP contribution in [0.25, 0.3) is 0 Å². The minimum atomic E-state index is -3.54. The van der Waals surface area contributed by atoms with Gasteiger partial charge in [0.05, 0.1) is 0 Å². The Bertz CT molecular complexity index is 465. The summed E-state index contributed by atoms with van der Waals surface area (Å²) < 4.78 is 28.0. The molecular formula is C10H19BrN4O2S. The minimum absolute atomic E-state index is 0.0614. The van der Waals surface area contributed by atoms with Crippen LogP contribution in [0.2, 0.25) is 0 Å². The van der Waals surface area contributed by atoms with Crippen molar-refractivity contribution in [3.05, 3.63) is 4.60 Å². The van der Waals surface area contributed by atoms with Gasteiger partial charge in [0.25, 0.3) is 10.0 Å². The van der Waals surface area contributed by atoms with Gasteiger partial charge < -0.3 is 0 Å². The van der Waals surface area contributed by atoms with Gasteiger partial charge in [-0.3, -0.25) is 0 Å². The van der Waals surface area contributed by atoms with Crippen LogP contribution in [0.4, 0.5) is 0 Å². The monoisotopic (exact) mass is 338 g/mol. The third-order valence-electron chi connectivity index (χ3n) is 2.49. The maximum absolute atomic E-state index is 12.0. The first-order chi connectivity index (χ1) is 8.34. The van der Waals surface area contributed by atoms with Gasteiger partial charge in [-0.1, -0.05) is 31.9 Å². The van der Waals surface area contributed by atoms with E-state index in [1.165, 1.54) is 4.68 Å². The van der Waals surface area contributed by atoms with Crippen LogP contribution < -0.4 is 4.72 Å². The average molecular weight is 339 g/mol. The van der Waals surface area contributed by atoms with E-state index in [1.807, 2.05) is 0 Å². The number of sulfonamides is 1. The number of aryl methyl sites for hydroxylation is 1. The lowest BCUT2D eigenvalue weighted by Crippen LogP contribution is -2.27. The standard InChI is InChI=1S/C10H19BrN4O2S/c1-8(2)6-4-5-7-12-18(16,17)10-9(11)13-14-15(10)3/h8,12H,4-7H2,1-3H3. The van der Waals surface area contributed by atoms with Crippen LogP contribution in [0, 0.1) is 5.92 Å². The van der Waals surface area contributed by atoms with Gasteiger partial charge in [-0.25, -0.2) is 17.8 Å². The number of nitrogens with zero attached hydrogens (tertiary/aromatic N) is 3. The zero-order valence-corrected chi connectivity index (χ0v) is 13.3. The van der Waals surface area contributed by atoms with E-state index in [0.717, 1.165) is 19.3 Å². The lowest BCUT2D eigenvalue weighted by atomic mass is 10.1. The molecule has 0 radical (unpaired) electrons. The Morgan fingerprint density at radius 1 is 1.39 bits per heavy atom. The van der Waals surface area contributed by atoms with E-state index < -0.39 is 10.0 Å². The fourth-order valence-corrected chi connectivity index (χ4v) is 3.72. The van der Waals surface area contributed by atoms with Crippen molar-refractivity contribution in [2.75, 3.05) is 6.54 Å². The molecule has 0 atom stereocenters. The molecule has 0 aromatic carbocycles. The molecule has 8 heteroatoms. The lowest BCUT2D eigenvalue weighted by molar-refractivity contribution is 0.527. The fourth-order valence-electron chi connectivity index (χ4n) is 1.56. The topological polar surface area (TPSA) is 76.9 Å². The smallest absolute Gasteiger partial charge is 0.235 e. The highest BCUT2D eigenvalue weighted by Gasteiger charge is 2.22. The van der Waals surface area contributed by atoms with E-state index in [-0.39, 0.29) is 9.63 Å². The van der Waals surface area contributed by atoms with Crippen LogP contribution >= 0.6 is 15.9 Å². The quantitative estimate of drug-likeness (QED) is 0.767. The Hall–Kier alpha value is -0.470. The van der Waals surface area contributed by atoms with Gasteiger partial charge in [0.2, 0.25) is 5.03 Å². The number of aromatic nitrogens is 3. The van der Waals surface area contributed by atoms with E-state index in [9.17, 15) is 8.42 Å². The molecule has 1 N–H and O–H groups in total. The van der Waals surface area contributed by atoms with E-state index in [2.05, 4.69) is 44.8 Å². The number of halogens is 1. The molecule has 0 aliphatic carbocycles. The Morgan fingerprint density at radius 3 is 2.56 bits per heavy atom. The first-order valence-electron chi connectivity index (χ1n) is 5.89. The molecule has 1 aromatic heterocycles. The number of hydrogen-bond donors (Lipinski definition) is 1. The second kappa shape index (κ2) is 6.63. The zero-order chi connectivity index (χ0) is 13.8. The number of unbranched alkanes of at least 4 members (excludes halogenated alkanes) is 1. The van der Waals surface area contributed by atoms with Crippen molar-refractivity contribution in [2.45, 2.75) is 38.1 Å². The summed E-state index contributed by atoms with van der Waals surface area (Å²) in [4.78, 5) is 0. The Morgan fingerprint density at radius 2 is 2.06 bits per heavy atom. The van der Waals surface area contributed by atoms with Crippen LogP contribution in [0.15, 0.2) is 9.63 Å². The van der Waals surface area contributed by atoms with Crippen molar-refractivity contribution < 1.29 is 8.42 Å². The maximum atomic E-state index is 12.0. The van der Waals surface area contributed by atoms with Crippen LogP contribution in [0.1, 0.15) is 33.1 Å². The van der Waals surface area contributed by atoms with Gasteiger partial charge >= 0.3 is 0 Å². The maximum Gasteiger partial charge on any atom is 0.260 e. The summed E-state index contributed by atoms with van der Waals surface area (Å²) in [5, 5.41) is 7.37. The summed E-state index contributed by atoms with van der Waals surface area (Å²) in [7, 11) is -1.99. The highest BCUT2D eigenvalue weighted by molar-refractivity contribution is 9.10. The van der Waals surface area contributed by atoms with Crippen LogP contribution in [0.3, 0.4) is 0 Å². The predicted octanol–water partition coefficient (Wildman–Crippen LogP) is 1.68. The highest BCUT2D eigenvalue weighted by atomic mass is 79.9. The summed E-state index contributed by atoms with van der Waals surface area (Å²) in [6, 6.07) is 0. The van der Waals surface area contributed by atoms with Crippen LogP contribution in [-0.4, -0.2) is 30.0 Å². The third kappa shape index (κ3) is 4.33. The van der Waals surface area contributed by atoms with E-state index in [4.69, 9.17) is 0 Å². The highest BCUT2D eigenvalue weighted by Crippen LogP contribution is 2.17. The normalized spacial score (nSPS) is 12.3. The summed E-state index contributed by atoms with van der Waals surface area (Å²) >= 11 is 3.08. The Balaban J connectivity index is 2.51. The molecule has 0 fully saturated rings. The van der Waals surface area contributed by atoms with Crippen LogP contribution in [0.5, 0.6) is 0 Å². The van der Waals surface area contributed by atoms with Gasteiger partial charge in [0.15, 0.2) is 4.60 Å². The summed E-state index contributed by atoms with van der Waals surface area (Å²) in [6.45, 7) is 4.75. The molecule has 6 nitrogen and oxygen atoms in total. The molecule has 0 saturated heterocycles. The van der Waals surface area contributed by atoms with Gasteiger partial charge in [0.1, 0.15) is 0 Å². The van der Waals surface area contributed by atoms with Crippen molar-refractivity contribution in [1.29, 1.82) is 0 Å². The Kier molecular flexibility index (Phi) is 5.74. The number of nitrogens with one attached hydrogen (secondary N) is 1. The van der Waals surface area contributed by atoms with Crippen molar-refractivity contribution in [3.8, 4) is 0 Å². The molecular weight excluding hydrogens is 320 g/mol. The first kappa shape index (κ1) is 15.6. The number of rotatable bonds is 7. The van der Waals surface area contributed by atoms with E-state index >= 15 is 0 Å². The van der Waals surface area contributed by atoms with E-state index in [0.29, 0.717) is 12.5 Å². The molecule has 18 heavy (non-hydrogen) atoms. The SMILES string of the molecule is CC(C)CCCCNS(=O)(=O)c1c(Br)nnn1C. The predicted molar refractivity (Wildman–Crippen MR) is 72.6 cm³/mol. The fraction of sp³-hybridized carbons (Fsp3) is 0.800. The molecule has 0 spiro atoms. The Labute approximate surface area is 116 Å². The molecule has 104 valence electrons. The van der Waals surface area contributed by atoms with Crippen molar-refractivity contribution in [1.82, 2.24) is 19.7 Å². The second-order valence-electron chi connectivity index (χ2n) is 4.60. The molecule has 0 amide bonds. The van der Waals surface area contributed by atoms with Crippen molar-refractivity contribution in [3.63, 3.8) is 0 Å². The molecule has 1 aromatic rings. The van der Waals surface area contributed by atoms with Crippen molar-refractivity contribution >= 4 is 26.0 Å². The second-order valence-corrected chi connectivity index (χ2v) is 7.03. The van der Waals surface area contributed by atoms with Gasteiger partial charge in [-0.05, 0) is 28.3 Å². The van der Waals surface area contributed by atoms with E-state index in [1.54, 1.807) is 7.05 Å². The summed E-state index contributed by atoms with van der Waals surface area (Å²) in [6.07, 6.45) is 2.96.